The third-order valence-corrected chi connectivity index (χ3v) is 6.28. The van der Waals surface area contributed by atoms with Gasteiger partial charge in [0.05, 0.1) is 17.1 Å². The summed E-state index contributed by atoms with van der Waals surface area (Å²) in [6.45, 7) is 2.85. The highest BCUT2D eigenvalue weighted by Gasteiger charge is 2.21. The van der Waals surface area contributed by atoms with Crippen molar-refractivity contribution in [2.45, 2.75) is 45.1 Å². The van der Waals surface area contributed by atoms with Gasteiger partial charge in [-0.3, -0.25) is 10.3 Å². The number of nitrogens with one attached hydrogen (secondary N) is 3. The number of fused-ring (bicyclic) bond motifs is 2. The maximum absolute atomic E-state index is 15.2. The summed E-state index contributed by atoms with van der Waals surface area (Å²) in [7, 11) is 0. The number of aromatic nitrogens is 2. The van der Waals surface area contributed by atoms with E-state index in [1.54, 1.807) is 18.3 Å². The first kappa shape index (κ1) is 19.5. The van der Waals surface area contributed by atoms with E-state index < -0.39 is 5.82 Å². The molecule has 0 radical (unpaired) electrons. The summed E-state index contributed by atoms with van der Waals surface area (Å²) in [4.78, 5) is 21.0. The van der Waals surface area contributed by atoms with Crippen molar-refractivity contribution in [1.82, 2.24) is 15.3 Å². The second kappa shape index (κ2) is 7.68. The fourth-order valence-corrected chi connectivity index (χ4v) is 4.27. The normalized spacial score (nSPS) is 15.7. The molecule has 3 aromatic rings. The van der Waals surface area contributed by atoms with Crippen LogP contribution in [0.1, 0.15) is 36.9 Å². The molecule has 0 atom stereocenters. The zero-order valence-electron chi connectivity index (χ0n) is 17.4. The Morgan fingerprint density at radius 1 is 1.19 bits per heavy atom. The molecule has 8 heteroatoms. The molecule has 0 spiro atoms. The summed E-state index contributed by atoms with van der Waals surface area (Å²) in [5.74, 6) is -0.0957. The van der Waals surface area contributed by atoms with Crippen molar-refractivity contribution in [3.8, 4) is 11.1 Å². The van der Waals surface area contributed by atoms with Gasteiger partial charge in [0, 0.05) is 41.5 Å². The van der Waals surface area contributed by atoms with Crippen LogP contribution in [0.2, 0.25) is 0 Å². The summed E-state index contributed by atoms with van der Waals surface area (Å²) >= 11 is 0. The molecule has 1 aliphatic heterocycles. The Bertz CT molecular complexity index is 1190. The second-order valence-corrected chi connectivity index (χ2v) is 8.32. The Morgan fingerprint density at radius 2 is 2.03 bits per heavy atom. The summed E-state index contributed by atoms with van der Waals surface area (Å²) in [6, 6.07) is 3.41. The summed E-state index contributed by atoms with van der Waals surface area (Å²) in [6.07, 6.45) is 8.30. The van der Waals surface area contributed by atoms with Crippen LogP contribution in [0, 0.1) is 12.7 Å². The van der Waals surface area contributed by atoms with E-state index in [-0.39, 0.29) is 17.8 Å². The number of benzene rings is 1. The average molecular weight is 420 g/mol. The molecule has 5 N–H and O–H groups in total. The van der Waals surface area contributed by atoms with Gasteiger partial charge in [0.2, 0.25) is 0 Å². The Kier molecular flexibility index (Phi) is 4.84. The number of carbonyl (C=O) groups is 1. The lowest BCUT2D eigenvalue weighted by Gasteiger charge is -2.26. The van der Waals surface area contributed by atoms with Crippen molar-refractivity contribution >= 4 is 34.0 Å². The van der Waals surface area contributed by atoms with Gasteiger partial charge < -0.3 is 16.4 Å². The van der Waals surface area contributed by atoms with Gasteiger partial charge in [-0.2, -0.15) is 0 Å². The van der Waals surface area contributed by atoms with Gasteiger partial charge in [-0.1, -0.05) is 0 Å². The Morgan fingerprint density at radius 3 is 2.81 bits per heavy atom. The molecule has 2 aliphatic rings. The van der Waals surface area contributed by atoms with E-state index in [4.69, 9.17) is 5.73 Å². The largest absolute Gasteiger partial charge is 0.396 e. The summed E-state index contributed by atoms with van der Waals surface area (Å²) < 4.78 is 15.2. The van der Waals surface area contributed by atoms with Gasteiger partial charge in [0.15, 0.2) is 5.82 Å². The average Bonchev–Trinajstić information content (AvgIpc) is 2.74. The van der Waals surface area contributed by atoms with E-state index in [1.807, 2.05) is 6.92 Å². The monoisotopic (exact) mass is 420 g/mol. The zero-order chi connectivity index (χ0) is 21.5. The third-order valence-electron chi connectivity index (χ3n) is 6.28. The molecule has 0 unspecified atom stereocenters. The Balaban J connectivity index is 1.53. The number of aryl methyl sites for hydroxylation is 1. The molecule has 2 aromatic heterocycles. The maximum atomic E-state index is 15.2. The van der Waals surface area contributed by atoms with Gasteiger partial charge in [0.25, 0.3) is 0 Å². The SMILES string of the molecule is Cc1c(-c2cc3cc(NC(=O)NC4CCC4)ncc3c(N)c2F)cnc2c1NCCC2. The first-order valence-electron chi connectivity index (χ1n) is 10.7. The number of rotatable bonds is 3. The van der Waals surface area contributed by atoms with Crippen LogP contribution in [-0.2, 0) is 6.42 Å². The van der Waals surface area contributed by atoms with Crippen molar-refractivity contribution in [3.63, 3.8) is 0 Å². The fourth-order valence-electron chi connectivity index (χ4n) is 4.27. The molecule has 1 saturated carbocycles. The minimum absolute atomic E-state index is 0.0375. The molecule has 1 fully saturated rings. The number of nitrogens with zero attached hydrogens (tertiary/aromatic N) is 2. The van der Waals surface area contributed by atoms with E-state index in [0.29, 0.717) is 27.7 Å². The highest BCUT2D eigenvalue weighted by Crippen LogP contribution is 2.38. The van der Waals surface area contributed by atoms with Crippen LogP contribution in [0.15, 0.2) is 24.5 Å². The standard InChI is InChI=1S/C23H25FN6O/c1-12-16(10-27-18-6-3-7-26-22(12)18)15-8-13-9-19(28-11-17(13)21(25)20(15)24)30-23(31)29-14-4-2-5-14/h8-11,14,26H,2-7,25H2,1H3,(H2,28,29,30,31). The molecular formula is C23H25FN6O. The molecule has 5 rings (SSSR count). The van der Waals surface area contributed by atoms with Gasteiger partial charge in [-0.05, 0) is 62.1 Å². The quantitative estimate of drug-likeness (QED) is 0.471. The van der Waals surface area contributed by atoms with Crippen molar-refractivity contribution in [3.05, 3.63) is 41.6 Å². The summed E-state index contributed by atoms with van der Waals surface area (Å²) in [5.41, 5.74) is 10.2. The number of halogens is 1. The molecule has 0 bridgehead atoms. The third kappa shape index (κ3) is 3.52. The highest BCUT2D eigenvalue weighted by atomic mass is 19.1. The number of hydrogen-bond acceptors (Lipinski definition) is 5. The van der Waals surface area contributed by atoms with Gasteiger partial charge >= 0.3 is 6.03 Å². The lowest BCUT2D eigenvalue weighted by Crippen LogP contribution is -2.41. The molecule has 0 saturated heterocycles. The van der Waals surface area contributed by atoms with Gasteiger partial charge in [-0.25, -0.2) is 14.2 Å². The molecule has 3 heterocycles. The Hall–Kier alpha value is -3.42. The van der Waals surface area contributed by atoms with Crippen LogP contribution in [-0.4, -0.2) is 28.6 Å². The van der Waals surface area contributed by atoms with Crippen LogP contribution >= 0.6 is 0 Å². The van der Waals surface area contributed by atoms with Crippen molar-refractivity contribution in [2.75, 3.05) is 22.9 Å². The Labute approximate surface area is 179 Å². The number of nitrogen functional groups attached to an aromatic ring is 1. The molecule has 1 aromatic carbocycles. The number of pyridine rings is 2. The molecular weight excluding hydrogens is 395 g/mol. The van der Waals surface area contributed by atoms with Crippen molar-refractivity contribution in [2.24, 2.45) is 0 Å². The van der Waals surface area contributed by atoms with Crippen LogP contribution in [0.5, 0.6) is 0 Å². The molecule has 31 heavy (non-hydrogen) atoms. The number of anilines is 3. The van der Waals surface area contributed by atoms with Crippen molar-refractivity contribution in [1.29, 1.82) is 0 Å². The van der Waals surface area contributed by atoms with Crippen LogP contribution in [0.3, 0.4) is 0 Å². The fraction of sp³-hybridized carbons (Fsp3) is 0.348. The predicted molar refractivity (Wildman–Crippen MR) is 121 cm³/mol. The highest BCUT2D eigenvalue weighted by molar-refractivity contribution is 5.99. The van der Waals surface area contributed by atoms with E-state index in [9.17, 15) is 4.79 Å². The zero-order valence-corrected chi connectivity index (χ0v) is 17.4. The molecule has 2 amide bonds. The summed E-state index contributed by atoms with van der Waals surface area (Å²) in [5, 5.41) is 10.3. The second-order valence-electron chi connectivity index (χ2n) is 8.32. The number of urea groups is 1. The molecule has 160 valence electrons. The van der Waals surface area contributed by atoms with Crippen LogP contribution < -0.4 is 21.7 Å². The van der Waals surface area contributed by atoms with E-state index in [1.165, 1.54) is 6.20 Å². The van der Waals surface area contributed by atoms with Gasteiger partial charge in [0.1, 0.15) is 5.82 Å². The minimum Gasteiger partial charge on any atom is -0.396 e. The number of hydrogen-bond donors (Lipinski definition) is 4. The van der Waals surface area contributed by atoms with Crippen LogP contribution in [0.4, 0.5) is 26.4 Å². The number of amides is 2. The first-order chi connectivity index (χ1) is 15.0. The van der Waals surface area contributed by atoms with E-state index >= 15 is 4.39 Å². The van der Waals surface area contributed by atoms with E-state index in [0.717, 1.165) is 55.6 Å². The number of nitrogens with two attached hydrogens (primary N) is 1. The van der Waals surface area contributed by atoms with Crippen molar-refractivity contribution < 1.29 is 9.18 Å². The smallest absolute Gasteiger partial charge is 0.320 e. The van der Waals surface area contributed by atoms with E-state index in [2.05, 4.69) is 25.9 Å². The predicted octanol–water partition coefficient (Wildman–Crippen LogP) is 4.36. The lowest BCUT2D eigenvalue weighted by atomic mass is 9.93. The number of carbonyl (C=O) groups excluding carboxylic acids is 1. The van der Waals surface area contributed by atoms with Gasteiger partial charge in [-0.15, -0.1) is 0 Å². The van der Waals surface area contributed by atoms with Crippen LogP contribution in [0.25, 0.3) is 21.9 Å². The first-order valence-corrected chi connectivity index (χ1v) is 10.7. The lowest BCUT2D eigenvalue weighted by molar-refractivity contribution is 0.240. The molecule has 1 aliphatic carbocycles. The minimum atomic E-state index is -0.488. The maximum Gasteiger partial charge on any atom is 0.320 e. The molecule has 7 nitrogen and oxygen atoms in total. The topological polar surface area (TPSA) is 105 Å².